The second-order valence-electron chi connectivity index (χ2n) is 1.33. The quantitative estimate of drug-likeness (QED) is 0.619. The fourth-order valence-electron chi connectivity index (χ4n) is 0.237. The molecule has 0 aliphatic carbocycles. The molecule has 0 aliphatic heterocycles. The van der Waals surface area contributed by atoms with Crippen LogP contribution in [-0.2, 0) is 0 Å². The first kappa shape index (κ1) is 9.15. The molecular formula is C5H3Cl2N3. The maximum absolute atomic E-state index is 8.10. The molecule has 0 amide bonds. The summed E-state index contributed by atoms with van der Waals surface area (Å²) in [5.74, 6) is 0. The van der Waals surface area contributed by atoms with Crippen LogP contribution in [0.3, 0.4) is 0 Å². The van der Waals surface area contributed by atoms with E-state index in [0.717, 1.165) is 6.08 Å². The van der Waals surface area contributed by atoms with Gasteiger partial charge in [-0.05, 0) is 6.08 Å². The average molecular weight is 176 g/mol. The molecule has 5 heteroatoms. The Labute approximate surface area is 67.9 Å². The van der Waals surface area contributed by atoms with Crippen molar-refractivity contribution in [3.63, 3.8) is 0 Å². The summed E-state index contributed by atoms with van der Waals surface area (Å²) in [7, 11) is 0. The van der Waals surface area contributed by atoms with E-state index in [1.54, 1.807) is 0 Å². The highest BCUT2D eigenvalue weighted by Gasteiger charge is 1.99. The van der Waals surface area contributed by atoms with Gasteiger partial charge in [0.1, 0.15) is 11.2 Å². The van der Waals surface area contributed by atoms with Crippen molar-refractivity contribution >= 4 is 34.1 Å². The van der Waals surface area contributed by atoms with Crippen molar-refractivity contribution in [1.29, 1.82) is 16.1 Å². The van der Waals surface area contributed by atoms with E-state index in [-0.39, 0.29) is 10.2 Å². The number of allylic oxidation sites excluding steroid dienone is 2. The fourth-order valence-corrected chi connectivity index (χ4v) is 0.553. The molecule has 0 heterocycles. The number of nitrogens with zero attached hydrogens (tertiary/aromatic N) is 1. The maximum atomic E-state index is 8.10. The summed E-state index contributed by atoms with van der Waals surface area (Å²) >= 11 is 10.4. The van der Waals surface area contributed by atoms with Crippen LogP contribution >= 0.6 is 23.2 Å². The molecule has 0 unspecified atom stereocenters. The van der Waals surface area contributed by atoms with E-state index < -0.39 is 5.71 Å². The number of hydrogen-bond donors (Lipinski definition) is 2. The third-order valence-electron chi connectivity index (χ3n) is 0.604. The van der Waals surface area contributed by atoms with Crippen molar-refractivity contribution in [3.8, 4) is 6.07 Å². The lowest BCUT2D eigenvalue weighted by molar-refractivity contribution is 1.48. The first-order valence-corrected chi connectivity index (χ1v) is 2.93. The molecule has 0 radical (unpaired) electrons. The zero-order chi connectivity index (χ0) is 8.15. The molecule has 0 aromatic heterocycles. The standard InChI is InChI=1S/C5H3Cl2N3/c6-3(1-5(7)10)4(9)2-8/h1,9-10H/b3-1+,9-4?,10-5?. The van der Waals surface area contributed by atoms with Gasteiger partial charge < -0.3 is 0 Å². The van der Waals surface area contributed by atoms with E-state index in [0.29, 0.717) is 0 Å². The third kappa shape index (κ3) is 3.23. The Morgan fingerprint density at radius 1 is 1.40 bits per heavy atom. The smallest absolute Gasteiger partial charge is 0.151 e. The highest BCUT2D eigenvalue weighted by atomic mass is 35.5. The Bertz CT molecular complexity index is 236. The van der Waals surface area contributed by atoms with Gasteiger partial charge >= 0.3 is 0 Å². The lowest BCUT2D eigenvalue weighted by Crippen LogP contribution is -1.92. The Hall–Kier alpha value is -0.850. The van der Waals surface area contributed by atoms with Gasteiger partial charge in [0.05, 0.1) is 5.03 Å². The van der Waals surface area contributed by atoms with Crippen LogP contribution in [0.4, 0.5) is 0 Å². The van der Waals surface area contributed by atoms with Gasteiger partial charge in [0, 0.05) is 0 Å². The molecule has 10 heavy (non-hydrogen) atoms. The number of nitriles is 1. The van der Waals surface area contributed by atoms with Crippen LogP contribution < -0.4 is 0 Å². The van der Waals surface area contributed by atoms with Gasteiger partial charge in [-0.15, -0.1) is 0 Å². The summed E-state index contributed by atoms with van der Waals surface area (Å²) in [6, 6.07) is 1.50. The maximum Gasteiger partial charge on any atom is 0.151 e. The van der Waals surface area contributed by atoms with E-state index in [2.05, 4.69) is 0 Å². The largest absolute Gasteiger partial charge is 0.289 e. The monoisotopic (exact) mass is 175 g/mol. The molecule has 0 rings (SSSR count). The van der Waals surface area contributed by atoms with Crippen LogP contribution in [0.25, 0.3) is 0 Å². The normalized spacial score (nSPS) is 10.3. The summed E-state index contributed by atoms with van der Waals surface area (Å²) in [6.45, 7) is 0. The van der Waals surface area contributed by atoms with Crippen LogP contribution in [0.15, 0.2) is 11.1 Å². The zero-order valence-corrected chi connectivity index (χ0v) is 6.29. The van der Waals surface area contributed by atoms with Crippen molar-refractivity contribution < 1.29 is 0 Å². The van der Waals surface area contributed by atoms with E-state index in [1.165, 1.54) is 6.07 Å². The van der Waals surface area contributed by atoms with Crippen molar-refractivity contribution in [2.75, 3.05) is 0 Å². The topological polar surface area (TPSA) is 71.5 Å². The summed E-state index contributed by atoms with van der Waals surface area (Å²) in [6.07, 6.45) is 1.02. The zero-order valence-electron chi connectivity index (χ0n) is 4.78. The van der Waals surface area contributed by atoms with Gasteiger partial charge in [-0.1, -0.05) is 23.2 Å². The first-order valence-electron chi connectivity index (χ1n) is 2.18. The number of nitrogens with one attached hydrogen (secondary N) is 2. The minimum absolute atomic E-state index is 0.123. The first-order chi connectivity index (χ1) is 4.57. The second kappa shape index (κ2) is 4.04. The molecule has 2 N–H and O–H groups in total. The Morgan fingerprint density at radius 3 is 2.20 bits per heavy atom. The molecule has 0 spiro atoms. The molecule has 0 fully saturated rings. The van der Waals surface area contributed by atoms with Crippen molar-refractivity contribution in [2.45, 2.75) is 0 Å². The van der Waals surface area contributed by atoms with E-state index in [1.807, 2.05) is 0 Å². The number of hydrogen-bond acceptors (Lipinski definition) is 3. The summed E-state index contributed by atoms with van der Waals surface area (Å²) < 4.78 is 0. The van der Waals surface area contributed by atoms with Crippen molar-refractivity contribution in [3.05, 3.63) is 11.1 Å². The molecule has 0 saturated heterocycles. The Kier molecular flexibility index (Phi) is 3.70. The highest BCUT2D eigenvalue weighted by Crippen LogP contribution is 2.03. The van der Waals surface area contributed by atoms with Gasteiger partial charge in [0.25, 0.3) is 0 Å². The molecule has 3 nitrogen and oxygen atoms in total. The van der Waals surface area contributed by atoms with Gasteiger partial charge in [-0.25, -0.2) is 0 Å². The Balaban J connectivity index is 4.38. The molecule has 0 aromatic carbocycles. The van der Waals surface area contributed by atoms with E-state index in [4.69, 9.17) is 39.3 Å². The van der Waals surface area contributed by atoms with Crippen molar-refractivity contribution in [2.24, 2.45) is 0 Å². The fraction of sp³-hybridized carbons (Fsp3) is 0. The van der Waals surface area contributed by atoms with Gasteiger partial charge in [-0.3, -0.25) is 10.8 Å². The predicted molar refractivity (Wildman–Crippen MR) is 40.9 cm³/mol. The van der Waals surface area contributed by atoms with Crippen LogP contribution in [-0.4, -0.2) is 10.9 Å². The summed E-state index contributed by atoms with van der Waals surface area (Å²) in [5, 5.41) is 21.2. The molecule has 52 valence electrons. The average Bonchev–Trinajstić information content (AvgIpc) is 1.85. The van der Waals surface area contributed by atoms with Crippen molar-refractivity contribution in [1.82, 2.24) is 0 Å². The van der Waals surface area contributed by atoms with Crippen LogP contribution in [0.2, 0.25) is 0 Å². The molecular weight excluding hydrogens is 173 g/mol. The van der Waals surface area contributed by atoms with Gasteiger partial charge in [-0.2, -0.15) is 5.26 Å². The van der Waals surface area contributed by atoms with Crippen LogP contribution in [0.5, 0.6) is 0 Å². The summed E-state index contributed by atoms with van der Waals surface area (Å²) in [4.78, 5) is 0. The Morgan fingerprint density at radius 2 is 1.90 bits per heavy atom. The highest BCUT2D eigenvalue weighted by molar-refractivity contribution is 6.68. The number of rotatable bonds is 2. The lowest BCUT2D eigenvalue weighted by Gasteiger charge is -1.87. The SMILES string of the molecule is N#CC(=N)/C(Cl)=C\C(=N)Cl. The molecule has 0 aliphatic rings. The van der Waals surface area contributed by atoms with Crippen LogP contribution in [0, 0.1) is 22.1 Å². The van der Waals surface area contributed by atoms with Gasteiger partial charge in [0.2, 0.25) is 0 Å². The molecule has 0 aromatic rings. The minimum atomic E-state index is -0.396. The van der Waals surface area contributed by atoms with Crippen LogP contribution in [0.1, 0.15) is 0 Å². The molecule has 0 bridgehead atoms. The molecule has 0 atom stereocenters. The number of halogens is 2. The molecule has 0 saturated carbocycles. The summed E-state index contributed by atoms with van der Waals surface area (Å²) in [5.41, 5.74) is -0.396. The van der Waals surface area contributed by atoms with E-state index in [9.17, 15) is 0 Å². The third-order valence-corrected chi connectivity index (χ3v) is 1.01. The second-order valence-corrected chi connectivity index (χ2v) is 2.14. The lowest BCUT2D eigenvalue weighted by atomic mass is 10.3. The van der Waals surface area contributed by atoms with Gasteiger partial charge in [0.15, 0.2) is 5.71 Å². The predicted octanol–water partition coefficient (Wildman–Crippen LogP) is 1.87. The minimum Gasteiger partial charge on any atom is -0.289 e. The van der Waals surface area contributed by atoms with E-state index >= 15 is 0 Å².